The van der Waals surface area contributed by atoms with Gasteiger partial charge in [-0.15, -0.1) is 5.10 Å². The Balaban J connectivity index is 1.35. The molecule has 0 aliphatic carbocycles. The molecular formula is C30H22BrCl2N5O6S2. The van der Waals surface area contributed by atoms with Gasteiger partial charge in [-0.1, -0.05) is 51.3 Å². The molecule has 2 heterocycles. The van der Waals surface area contributed by atoms with Crippen molar-refractivity contribution in [1.29, 1.82) is 0 Å². The van der Waals surface area contributed by atoms with Gasteiger partial charge in [-0.05, 0) is 78.5 Å². The molecule has 1 aromatic heterocycles. The zero-order valence-corrected chi connectivity index (χ0v) is 28.1. The summed E-state index contributed by atoms with van der Waals surface area (Å²) in [6, 6.07) is 19.1. The van der Waals surface area contributed by atoms with Crippen molar-refractivity contribution in [2.45, 2.75) is 11.4 Å². The normalized spacial score (nSPS) is 15.3. The number of thioether (sulfide) groups is 1. The molecule has 1 fully saturated rings. The Kier molecular flexibility index (Phi) is 10.7. The highest BCUT2D eigenvalue weighted by molar-refractivity contribution is 9.10. The lowest BCUT2D eigenvalue weighted by Gasteiger charge is -2.13. The van der Waals surface area contributed by atoms with E-state index in [2.05, 4.69) is 31.4 Å². The highest BCUT2D eigenvalue weighted by Gasteiger charge is 2.34. The third kappa shape index (κ3) is 8.46. The van der Waals surface area contributed by atoms with Gasteiger partial charge in [0.25, 0.3) is 11.8 Å². The molecule has 0 spiro atoms. The number of benzene rings is 3. The van der Waals surface area contributed by atoms with E-state index in [1.807, 2.05) is 0 Å². The molecule has 0 atom stereocenters. The number of ether oxygens (including phenoxy) is 1. The summed E-state index contributed by atoms with van der Waals surface area (Å²) in [6.45, 7) is -0.253. The number of furan rings is 1. The van der Waals surface area contributed by atoms with Crippen LogP contribution in [0, 0.1) is 0 Å². The molecule has 11 nitrogen and oxygen atoms in total. The Morgan fingerprint density at radius 2 is 1.87 bits per heavy atom. The number of hydrogen-bond acceptors (Lipinski definition) is 9. The number of amidine groups is 1. The number of amides is 2. The molecule has 0 unspecified atom stereocenters. The third-order valence-corrected chi connectivity index (χ3v) is 9.44. The summed E-state index contributed by atoms with van der Waals surface area (Å²) in [5.41, 5.74) is 1.43. The molecule has 16 heteroatoms. The first-order valence-corrected chi connectivity index (χ1v) is 17.0. The average molecular weight is 763 g/mol. The number of sulfonamides is 1. The average Bonchev–Trinajstić information content (AvgIpc) is 3.63. The van der Waals surface area contributed by atoms with Gasteiger partial charge in [0.05, 0.1) is 38.9 Å². The molecule has 236 valence electrons. The van der Waals surface area contributed by atoms with E-state index in [1.165, 1.54) is 41.6 Å². The molecule has 4 aromatic rings. The quantitative estimate of drug-likeness (QED) is 0.106. The Hall–Kier alpha value is -3.92. The number of carbonyl (C=O) groups is 2. The lowest BCUT2D eigenvalue weighted by atomic mass is 10.2. The van der Waals surface area contributed by atoms with Crippen LogP contribution in [-0.4, -0.2) is 43.1 Å². The Labute approximate surface area is 286 Å². The van der Waals surface area contributed by atoms with Gasteiger partial charge in [0.15, 0.2) is 11.8 Å². The predicted molar refractivity (Wildman–Crippen MR) is 182 cm³/mol. The molecule has 3 N–H and O–H groups in total. The molecule has 2 amide bonds. The summed E-state index contributed by atoms with van der Waals surface area (Å²) >= 11 is 16.9. The molecule has 5 rings (SSSR count). The second-order valence-corrected chi connectivity index (χ2v) is 13.7. The number of nitrogens with zero attached hydrogens (tertiary/aromatic N) is 3. The molecule has 1 saturated heterocycles. The molecular weight excluding hydrogens is 741 g/mol. The minimum absolute atomic E-state index is 0.0816. The molecule has 0 bridgehead atoms. The first-order valence-electron chi connectivity index (χ1n) is 13.1. The second-order valence-electron chi connectivity index (χ2n) is 9.44. The van der Waals surface area contributed by atoms with E-state index in [-0.39, 0.29) is 24.0 Å². The number of nitrogens with one attached hydrogen (secondary N) is 1. The fourth-order valence-corrected chi connectivity index (χ4v) is 6.19. The number of nitrogens with two attached hydrogens (primary N) is 1. The monoisotopic (exact) mass is 761 g/mol. The fraction of sp³-hybridized carbons (Fsp3) is 0.0667. The molecule has 1 aliphatic rings. The van der Waals surface area contributed by atoms with E-state index in [0.29, 0.717) is 52.9 Å². The van der Waals surface area contributed by atoms with Crippen molar-refractivity contribution in [3.8, 4) is 5.75 Å². The number of halogens is 3. The first kappa shape index (κ1) is 33.4. The lowest BCUT2D eigenvalue weighted by molar-refractivity contribution is -0.122. The van der Waals surface area contributed by atoms with Gasteiger partial charge in [-0.25, -0.2) is 13.6 Å². The van der Waals surface area contributed by atoms with Crippen LogP contribution in [0.15, 0.2) is 108 Å². The van der Waals surface area contributed by atoms with Gasteiger partial charge in [-0.2, -0.15) is 5.10 Å². The number of hydrogen-bond donors (Lipinski definition) is 2. The van der Waals surface area contributed by atoms with Crippen LogP contribution < -0.4 is 15.2 Å². The zero-order chi connectivity index (χ0) is 32.8. The number of primary sulfonamides is 1. The summed E-state index contributed by atoms with van der Waals surface area (Å²) in [5.74, 6) is 0.0395. The van der Waals surface area contributed by atoms with E-state index in [9.17, 15) is 18.0 Å². The van der Waals surface area contributed by atoms with Gasteiger partial charge in [-0.3, -0.25) is 14.5 Å². The molecule has 0 saturated carbocycles. The minimum Gasteiger partial charge on any atom is -0.483 e. The van der Waals surface area contributed by atoms with Crippen molar-refractivity contribution in [1.82, 2.24) is 4.90 Å². The van der Waals surface area contributed by atoms with Crippen molar-refractivity contribution in [2.75, 3.05) is 11.9 Å². The van der Waals surface area contributed by atoms with Gasteiger partial charge < -0.3 is 14.5 Å². The largest absolute Gasteiger partial charge is 0.483 e. The van der Waals surface area contributed by atoms with Crippen LogP contribution in [0.2, 0.25) is 10.0 Å². The molecule has 3 aromatic carbocycles. The number of rotatable bonds is 10. The van der Waals surface area contributed by atoms with E-state index in [4.69, 9.17) is 37.5 Å². The smallest absolute Gasteiger partial charge is 0.267 e. The van der Waals surface area contributed by atoms with Crippen molar-refractivity contribution < 1.29 is 27.2 Å². The van der Waals surface area contributed by atoms with Crippen LogP contribution in [-0.2, 0) is 26.2 Å². The van der Waals surface area contributed by atoms with Crippen LogP contribution in [0.3, 0.4) is 0 Å². The van der Waals surface area contributed by atoms with Crippen molar-refractivity contribution >= 4 is 95.9 Å². The first-order chi connectivity index (χ1) is 22.0. The molecule has 46 heavy (non-hydrogen) atoms. The van der Waals surface area contributed by atoms with Crippen LogP contribution in [0.1, 0.15) is 16.9 Å². The topological polar surface area (TPSA) is 157 Å². The SMILES string of the molecule is NS(=O)(=O)c1ccc(NC(=O)COc2ccc(Br)cc2/C=C2\S/C(=N/N=C\c3cccc(Cl)c3Cl)N(Cc3ccco3)C2=O)cc1. The standard InChI is InChI=1S/C30H22BrCl2N5O6S2/c31-20-6-11-25(44-17-27(39)36-21-7-9-23(10-8-21)46(34,41)42)19(13-20)14-26-29(40)38(16-22-4-2-12-43-22)30(45-26)37-35-15-18-3-1-5-24(32)28(18)33/h1-15H,16-17H2,(H,36,39)(H2,34,41,42)/b26-14-,35-15-,37-30+. The Bertz CT molecular complexity index is 1990. The Morgan fingerprint density at radius 1 is 1.09 bits per heavy atom. The zero-order valence-electron chi connectivity index (χ0n) is 23.4. The summed E-state index contributed by atoms with van der Waals surface area (Å²) in [6.07, 6.45) is 4.59. The fourth-order valence-electron chi connectivity index (χ4n) is 4.01. The van der Waals surface area contributed by atoms with Crippen LogP contribution in [0.5, 0.6) is 5.75 Å². The van der Waals surface area contributed by atoms with Crippen molar-refractivity contribution in [2.24, 2.45) is 15.3 Å². The summed E-state index contributed by atoms with van der Waals surface area (Å²) < 4.78 is 34.9. The molecule has 0 radical (unpaired) electrons. The predicted octanol–water partition coefficient (Wildman–Crippen LogP) is 6.52. The number of anilines is 1. The van der Waals surface area contributed by atoms with Crippen LogP contribution >= 0.6 is 50.9 Å². The van der Waals surface area contributed by atoms with E-state index in [0.717, 1.165) is 11.8 Å². The molecule has 1 aliphatic heterocycles. The van der Waals surface area contributed by atoms with E-state index < -0.39 is 15.9 Å². The maximum absolute atomic E-state index is 13.6. The van der Waals surface area contributed by atoms with Crippen LogP contribution in [0.4, 0.5) is 5.69 Å². The highest BCUT2D eigenvalue weighted by atomic mass is 79.9. The van der Waals surface area contributed by atoms with Gasteiger partial charge in [0, 0.05) is 21.3 Å². The maximum Gasteiger partial charge on any atom is 0.267 e. The number of carbonyl (C=O) groups excluding carboxylic acids is 2. The van der Waals surface area contributed by atoms with Gasteiger partial charge in [0.1, 0.15) is 11.5 Å². The van der Waals surface area contributed by atoms with Crippen LogP contribution in [0.25, 0.3) is 6.08 Å². The van der Waals surface area contributed by atoms with Crippen molar-refractivity contribution in [3.63, 3.8) is 0 Å². The highest BCUT2D eigenvalue weighted by Crippen LogP contribution is 2.36. The summed E-state index contributed by atoms with van der Waals surface area (Å²) in [4.78, 5) is 27.9. The van der Waals surface area contributed by atoms with Crippen molar-refractivity contribution in [3.05, 3.63) is 115 Å². The van der Waals surface area contributed by atoms with Gasteiger partial charge >= 0.3 is 0 Å². The minimum atomic E-state index is -3.86. The lowest BCUT2D eigenvalue weighted by Crippen LogP contribution is -2.28. The van der Waals surface area contributed by atoms with E-state index in [1.54, 1.807) is 54.6 Å². The van der Waals surface area contributed by atoms with E-state index >= 15 is 0 Å². The maximum atomic E-state index is 13.6. The summed E-state index contributed by atoms with van der Waals surface area (Å²) in [7, 11) is -3.86. The Morgan fingerprint density at radius 3 is 2.59 bits per heavy atom. The summed E-state index contributed by atoms with van der Waals surface area (Å²) in [5, 5.41) is 17.2. The second kappa shape index (κ2) is 14.7. The van der Waals surface area contributed by atoms with Gasteiger partial charge in [0.2, 0.25) is 10.0 Å². The third-order valence-electron chi connectivity index (χ3n) is 6.19.